The van der Waals surface area contributed by atoms with Gasteiger partial charge in [0.2, 0.25) is 0 Å². The van der Waals surface area contributed by atoms with Gasteiger partial charge in [0.1, 0.15) is 0 Å². The van der Waals surface area contributed by atoms with Crippen LogP contribution < -0.4 is 10.6 Å². The maximum Gasteiger partial charge on any atom is 0.166 e. The van der Waals surface area contributed by atoms with Gasteiger partial charge in [0, 0.05) is 25.1 Å². The van der Waals surface area contributed by atoms with Crippen LogP contribution in [-0.4, -0.2) is 29.4 Å². The van der Waals surface area contributed by atoms with Crippen molar-refractivity contribution in [1.82, 2.24) is 10.6 Å². The standard InChI is InChI=1S/C7H14N2OS/c1-2-8-7(11)9-6-3-5(6)4-10/h5-6,10H,2-4H2,1H3,(H2,8,9,11). The van der Waals surface area contributed by atoms with Gasteiger partial charge in [-0.3, -0.25) is 0 Å². The highest BCUT2D eigenvalue weighted by atomic mass is 32.1. The van der Waals surface area contributed by atoms with E-state index in [9.17, 15) is 0 Å². The maximum atomic E-state index is 8.72. The molecule has 3 N–H and O–H groups in total. The minimum Gasteiger partial charge on any atom is -0.396 e. The van der Waals surface area contributed by atoms with Gasteiger partial charge in [-0.05, 0) is 25.6 Å². The van der Waals surface area contributed by atoms with Crippen LogP contribution in [0, 0.1) is 5.92 Å². The van der Waals surface area contributed by atoms with Crippen LogP contribution in [0.1, 0.15) is 13.3 Å². The van der Waals surface area contributed by atoms with E-state index < -0.39 is 0 Å². The van der Waals surface area contributed by atoms with Crippen molar-refractivity contribution in [3.63, 3.8) is 0 Å². The van der Waals surface area contributed by atoms with Crippen molar-refractivity contribution in [2.75, 3.05) is 13.2 Å². The number of aliphatic hydroxyl groups excluding tert-OH is 1. The van der Waals surface area contributed by atoms with E-state index >= 15 is 0 Å². The van der Waals surface area contributed by atoms with Gasteiger partial charge in [-0.15, -0.1) is 0 Å². The average Bonchev–Trinajstić information content (AvgIpc) is 2.68. The molecule has 1 aliphatic rings. The Morgan fingerprint density at radius 3 is 2.91 bits per heavy atom. The molecular weight excluding hydrogens is 160 g/mol. The van der Waals surface area contributed by atoms with E-state index in [4.69, 9.17) is 17.3 Å². The van der Waals surface area contributed by atoms with E-state index in [-0.39, 0.29) is 6.61 Å². The lowest BCUT2D eigenvalue weighted by Crippen LogP contribution is -2.37. The van der Waals surface area contributed by atoms with Gasteiger partial charge >= 0.3 is 0 Å². The Morgan fingerprint density at radius 1 is 1.73 bits per heavy atom. The van der Waals surface area contributed by atoms with E-state index in [1.54, 1.807) is 0 Å². The SMILES string of the molecule is CCNC(=S)NC1CC1CO. The highest BCUT2D eigenvalue weighted by Crippen LogP contribution is 2.28. The number of aliphatic hydroxyl groups is 1. The Bertz CT molecular complexity index is 151. The second-order valence-electron chi connectivity index (χ2n) is 2.79. The molecule has 64 valence electrons. The first-order valence-electron chi connectivity index (χ1n) is 3.93. The molecular formula is C7H14N2OS. The molecule has 0 radical (unpaired) electrons. The summed E-state index contributed by atoms with van der Waals surface area (Å²) in [6, 6.07) is 0.409. The van der Waals surface area contributed by atoms with Gasteiger partial charge in [0.05, 0.1) is 0 Å². The topological polar surface area (TPSA) is 44.3 Å². The van der Waals surface area contributed by atoms with Crippen molar-refractivity contribution < 1.29 is 5.11 Å². The number of thiocarbonyl (C=S) groups is 1. The second-order valence-corrected chi connectivity index (χ2v) is 3.20. The summed E-state index contributed by atoms with van der Waals surface area (Å²) in [7, 11) is 0. The van der Waals surface area contributed by atoms with Crippen molar-refractivity contribution in [3.8, 4) is 0 Å². The lowest BCUT2D eigenvalue weighted by molar-refractivity contribution is 0.272. The predicted molar refractivity (Wildman–Crippen MR) is 48.4 cm³/mol. The summed E-state index contributed by atoms with van der Waals surface area (Å²) in [6.45, 7) is 3.12. The van der Waals surface area contributed by atoms with E-state index in [1.165, 1.54) is 0 Å². The molecule has 1 saturated carbocycles. The van der Waals surface area contributed by atoms with Crippen LogP contribution in [0.5, 0.6) is 0 Å². The Morgan fingerprint density at radius 2 is 2.45 bits per heavy atom. The third-order valence-corrected chi connectivity index (χ3v) is 2.07. The molecule has 0 aromatic heterocycles. The van der Waals surface area contributed by atoms with Gasteiger partial charge in [-0.1, -0.05) is 0 Å². The molecule has 0 aromatic carbocycles. The molecule has 0 spiro atoms. The fourth-order valence-electron chi connectivity index (χ4n) is 1.01. The van der Waals surface area contributed by atoms with Crippen LogP contribution in [0.4, 0.5) is 0 Å². The Labute approximate surface area is 72.2 Å². The molecule has 0 bridgehead atoms. The molecule has 3 nitrogen and oxygen atoms in total. The van der Waals surface area contributed by atoms with Crippen molar-refractivity contribution in [1.29, 1.82) is 0 Å². The van der Waals surface area contributed by atoms with Crippen molar-refractivity contribution in [2.45, 2.75) is 19.4 Å². The predicted octanol–water partition coefficient (Wildman–Crippen LogP) is -0.149. The largest absolute Gasteiger partial charge is 0.396 e. The first-order chi connectivity index (χ1) is 5.27. The van der Waals surface area contributed by atoms with E-state index in [2.05, 4.69) is 10.6 Å². The molecule has 1 fully saturated rings. The Balaban J connectivity index is 2.08. The number of hydrogen-bond acceptors (Lipinski definition) is 2. The van der Waals surface area contributed by atoms with Crippen LogP contribution in [0.15, 0.2) is 0 Å². The normalized spacial score (nSPS) is 27.8. The van der Waals surface area contributed by atoms with Crippen LogP contribution in [0.25, 0.3) is 0 Å². The molecule has 2 unspecified atom stereocenters. The lowest BCUT2D eigenvalue weighted by atomic mass is 10.4. The Hall–Kier alpha value is -0.350. The van der Waals surface area contributed by atoms with Crippen LogP contribution >= 0.6 is 12.2 Å². The summed E-state index contributed by atoms with van der Waals surface area (Å²) in [5.74, 6) is 0.423. The van der Waals surface area contributed by atoms with E-state index in [0.29, 0.717) is 17.1 Å². The molecule has 0 saturated heterocycles. The zero-order valence-corrected chi connectivity index (χ0v) is 7.45. The highest BCUT2D eigenvalue weighted by molar-refractivity contribution is 7.80. The van der Waals surface area contributed by atoms with E-state index in [0.717, 1.165) is 13.0 Å². The third kappa shape index (κ3) is 2.63. The molecule has 0 heterocycles. The molecule has 0 aromatic rings. The summed E-state index contributed by atoms with van der Waals surface area (Å²) >= 11 is 4.97. The smallest absolute Gasteiger partial charge is 0.166 e. The van der Waals surface area contributed by atoms with Crippen LogP contribution in [0.2, 0.25) is 0 Å². The van der Waals surface area contributed by atoms with Gasteiger partial charge in [0.25, 0.3) is 0 Å². The van der Waals surface area contributed by atoms with Gasteiger partial charge < -0.3 is 15.7 Å². The number of hydrogen-bond donors (Lipinski definition) is 3. The molecule has 0 amide bonds. The van der Waals surface area contributed by atoms with Crippen molar-refractivity contribution >= 4 is 17.3 Å². The summed E-state index contributed by atoms with van der Waals surface area (Å²) in [5.41, 5.74) is 0. The average molecular weight is 174 g/mol. The highest BCUT2D eigenvalue weighted by Gasteiger charge is 2.36. The molecule has 11 heavy (non-hydrogen) atoms. The quantitative estimate of drug-likeness (QED) is 0.521. The van der Waals surface area contributed by atoms with Crippen molar-refractivity contribution in [2.24, 2.45) is 5.92 Å². The number of rotatable bonds is 3. The molecule has 0 aliphatic heterocycles. The lowest BCUT2D eigenvalue weighted by Gasteiger charge is -2.06. The zero-order chi connectivity index (χ0) is 8.27. The zero-order valence-electron chi connectivity index (χ0n) is 6.63. The van der Waals surface area contributed by atoms with Crippen molar-refractivity contribution in [3.05, 3.63) is 0 Å². The summed E-state index contributed by atoms with van der Waals surface area (Å²) in [4.78, 5) is 0. The van der Waals surface area contributed by atoms with Gasteiger partial charge in [-0.25, -0.2) is 0 Å². The first kappa shape index (κ1) is 8.74. The second kappa shape index (κ2) is 3.88. The minimum absolute atomic E-state index is 0.270. The molecule has 4 heteroatoms. The van der Waals surface area contributed by atoms with Crippen LogP contribution in [0.3, 0.4) is 0 Å². The summed E-state index contributed by atoms with van der Waals surface area (Å²) in [6.07, 6.45) is 1.04. The van der Waals surface area contributed by atoms with E-state index in [1.807, 2.05) is 6.92 Å². The maximum absolute atomic E-state index is 8.72. The fraction of sp³-hybridized carbons (Fsp3) is 0.857. The summed E-state index contributed by atoms with van der Waals surface area (Å²) < 4.78 is 0. The van der Waals surface area contributed by atoms with Gasteiger partial charge in [0.15, 0.2) is 5.11 Å². The fourth-order valence-corrected chi connectivity index (χ4v) is 1.30. The molecule has 1 rings (SSSR count). The number of nitrogens with one attached hydrogen (secondary N) is 2. The monoisotopic (exact) mass is 174 g/mol. The Kier molecular flexibility index (Phi) is 3.08. The van der Waals surface area contributed by atoms with Crippen LogP contribution in [-0.2, 0) is 0 Å². The summed E-state index contributed by atoms with van der Waals surface area (Å²) in [5, 5.41) is 15.5. The molecule has 1 aliphatic carbocycles. The van der Waals surface area contributed by atoms with Gasteiger partial charge in [-0.2, -0.15) is 0 Å². The first-order valence-corrected chi connectivity index (χ1v) is 4.34. The third-order valence-electron chi connectivity index (χ3n) is 1.81. The molecule has 2 atom stereocenters. The minimum atomic E-state index is 0.270.